The number of carbonyl (C=O) groups excluding carboxylic acids is 2. The number of hydrogen-bond acceptors (Lipinski definition) is 10. The highest BCUT2D eigenvalue weighted by atomic mass is 16.8. The Morgan fingerprint density at radius 2 is 1.82 bits per heavy atom. The number of rotatable bonds is 7. The lowest BCUT2D eigenvalue weighted by molar-refractivity contribution is -0.434. The van der Waals surface area contributed by atoms with Crippen LogP contribution in [-0.4, -0.2) is 70.4 Å². The number of aromatic hydroxyl groups is 1. The third kappa shape index (κ3) is 6.79. The molecule has 0 amide bonds. The molecule has 3 aliphatic rings. The summed E-state index contributed by atoms with van der Waals surface area (Å²) < 4.78 is 30.1. The Balaban J connectivity index is 1.59. The zero-order chi connectivity index (χ0) is 29.3. The maximum Gasteiger partial charge on any atom is 0.311 e. The number of aliphatic hydroxyl groups is 2. The molecule has 3 heterocycles. The highest BCUT2D eigenvalue weighted by Gasteiger charge is 2.61. The molecule has 0 saturated carbocycles. The van der Waals surface area contributed by atoms with Crippen LogP contribution < -0.4 is 0 Å². The first-order valence-electron chi connectivity index (χ1n) is 14.2. The number of esters is 2. The molecular formula is C30H44O10. The van der Waals surface area contributed by atoms with Gasteiger partial charge in [0.05, 0.1) is 31.2 Å². The Morgan fingerprint density at radius 1 is 1.07 bits per heavy atom. The summed E-state index contributed by atoms with van der Waals surface area (Å²) in [6.45, 7) is 7.49. The van der Waals surface area contributed by atoms with E-state index in [9.17, 15) is 24.9 Å². The van der Waals surface area contributed by atoms with Crippen LogP contribution in [0.25, 0.3) is 0 Å². The molecule has 3 N–H and O–H groups in total. The number of methoxy groups -OCH3 is 1. The molecule has 0 radical (unpaired) electrons. The molecule has 10 heteroatoms. The third-order valence-corrected chi connectivity index (χ3v) is 8.81. The Hall–Kier alpha value is -2.24. The molecule has 224 valence electrons. The van der Waals surface area contributed by atoms with Crippen molar-refractivity contribution in [3.63, 3.8) is 0 Å². The van der Waals surface area contributed by atoms with E-state index in [0.717, 1.165) is 5.56 Å². The maximum atomic E-state index is 12.9. The van der Waals surface area contributed by atoms with E-state index in [1.54, 1.807) is 25.3 Å². The summed E-state index contributed by atoms with van der Waals surface area (Å²) in [7, 11) is 1.63. The Morgan fingerprint density at radius 3 is 2.50 bits per heavy atom. The van der Waals surface area contributed by atoms with Crippen molar-refractivity contribution in [2.24, 2.45) is 11.3 Å². The van der Waals surface area contributed by atoms with Gasteiger partial charge in [-0.15, -0.1) is 0 Å². The van der Waals surface area contributed by atoms with Crippen LogP contribution in [0.4, 0.5) is 0 Å². The molecule has 3 saturated heterocycles. The van der Waals surface area contributed by atoms with Crippen LogP contribution in [0.5, 0.6) is 5.75 Å². The first-order chi connectivity index (χ1) is 18.7. The van der Waals surface area contributed by atoms with Gasteiger partial charge in [0.1, 0.15) is 18.0 Å². The van der Waals surface area contributed by atoms with E-state index in [2.05, 4.69) is 6.92 Å². The van der Waals surface area contributed by atoms with Gasteiger partial charge in [-0.3, -0.25) is 9.59 Å². The van der Waals surface area contributed by atoms with Crippen LogP contribution in [-0.2, 0) is 33.3 Å². The summed E-state index contributed by atoms with van der Waals surface area (Å²) >= 11 is 0. The van der Waals surface area contributed by atoms with Crippen molar-refractivity contribution in [1.29, 1.82) is 0 Å². The van der Waals surface area contributed by atoms with Gasteiger partial charge in [0.2, 0.25) is 0 Å². The fourth-order valence-electron chi connectivity index (χ4n) is 6.13. The summed E-state index contributed by atoms with van der Waals surface area (Å²) in [6, 6.07) is 7.00. The molecular weight excluding hydrogens is 520 g/mol. The Bertz CT molecular complexity index is 1060. The lowest BCUT2D eigenvalue weighted by atomic mass is 9.70. The van der Waals surface area contributed by atoms with Gasteiger partial charge in [-0.05, 0) is 49.8 Å². The molecule has 3 bridgehead atoms. The van der Waals surface area contributed by atoms with Crippen LogP contribution in [0.3, 0.4) is 0 Å². The second-order valence-corrected chi connectivity index (χ2v) is 12.4. The predicted molar refractivity (Wildman–Crippen MR) is 143 cm³/mol. The highest BCUT2D eigenvalue weighted by molar-refractivity contribution is 5.73. The second kappa shape index (κ2) is 11.9. The van der Waals surface area contributed by atoms with Crippen LogP contribution >= 0.6 is 0 Å². The van der Waals surface area contributed by atoms with Crippen molar-refractivity contribution < 1.29 is 48.6 Å². The Labute approximate surface area is 235 Å². The highest BCUT2D eigenvalue weighted by Crippen LogP contribution is 2.54. The van der Waals surface area contributed by atoms with Crippen molar-refractivity contribution >= 4 is 11.9 Å². The van der Waals surface area contributed by atoms with Gasteiger partial charge in [0, 0.05) is 31.8 Å². The summed E-state index contributed by atoms with van der Waals surface area (Å²) in [5.74, 6) is -4.33. The second-order valence-electron chi connectivity index (χ2n) is 12.4. The third-order valence-electron chi connectivity index (χ3n) is 8.81. The minimum absolute atomic E-state index is 0.00848. The number of hydrogen-bond donors (Lipinski definition) is 3. The first kappa shape index (κ1) is 30.7. The SMILES string of the molecule is CO[C@@H](CC[C@H](C)[C@@H]1C[C@@H]2C[C@]3(O1)O[C@](O)(CCC3(C)C)CC(=O)O[C@@H]([C@@H](C)O)CC(=O)O2)c1cccc(O)c1. The lowest BCUT2D eigenvalue weighted by Gasteiger charge is -2.58. The van der Waals surface area contributed by atoms with Gasteiger partial charge in [0.15, 0.2) is 11.6 Å². The minimum Gasteiger partial charge on any atom is -0.508 e. The van der Waals surface area contributed by atoms with Gasteiger partial charge in [-0.2, -0.15) is 0 Å². The van der Waals surface area contributed by atoms with Gasteiger partial charge in [-0.25, -0.2) is 0 Å². The maximum absolute atomic E-state index is 12.9. The molecule has 0 aromatic heterocycles. The fourth-order valence-corrected chi connectivity index (χ4v) is 6.13. The number of fused-ring (bicyclic) bond motifs is 2. The molecule has 10 nitrogen and oxygen atoms in total. The topological polar surface area (TPSA) is 141 Å². The van der Waals surface area contributed by atoms with Gasteiger partial charge >= 0.3 is 11.9 Å². The van der Waals surface area contributed by atoms with Crippen molar-refractivity contribution in [3.05, 3.63) is 29.8 Å². The van der Waals surface area contributed by atoms with Gasteiger partial charge in [-0.1, -0.05) is 32.9 Å². The summed E-state index contributed by atoms with van der Waals surface area (Å²) in [5.41, 5.74) is 0.313. The van der Waals surface area contributed by atoms with Crippen LogP contribution in [0.2, 0.25) is 0 Å². The van der Waals surface area contributed by atoms with Gasteiger partial charge < -0.3 is 39.0 Å². The lowest BCUT2D eigenvalue weighted by Crippen LogP contribution is -2.65. The fraction of sp³-hybridized carbons (Fsp3) is 0.733. The van der Waals surface area contributed by atoms with E-state index in [-0.39, 0.29) is 43.1 Å². The predicted octanol–water partition coefficient (Wildman–Crippen LogP) is 3.89. The number of cyclic esters (lactones) is 1. The summed E-state index contributed by atoms with van der Waals surface area (Å²) in [5, 5.41) is 31.5. The number of carbonyl (C=O) groups is 2. The standard InChI is InChI=1S/C30H44O10/c1-18(9-10-23(36-5)20-7-6-8-21(32)13-20)24-14-22-16-30(39-24)28(3,4)11-12-29(35,40-30)17-27(34)38-25(19(2)31)15-26(33)37-22/h6-8,13,18-19,22-25,31-32,35H,9-12,14-17H2,1-5H3/t18-,19+,22+,23-,24-,25+,29+,30-/m0/s1. The van der Waals surface area contributed by atoms with Gasteiger partial charge in [0.25, 0.3) is 0 Å². The monoisotopic (exact) mass is 564 g/mol. The number of aliphatic hydroxyl groups excluding tert-OH is 1. The van der Waals surface area contributed by atoms with Crippen LogP contribution in [0, 0.1) is 11.3 Å². The molecule has 1 aromatic carbocycles. The minimum atomic E-state index is -1.83. The largest absolute Gasteiger partial charge is 0.508 e. The smallest absolute Gasteiger partial charge is 0.311 e. The van der Waals surface area contributed by atoms with Crippen LogP contribution in [0.1, 0.15) is 90.7 Å². The average Bonchev–Trinajstić information content (AvgIpc) is 2.86. The molecule has 8 atom stereocenters. The normalized spacial score (nSPS) is 34.8. The zero-order valence-corrected chi connectivity index (χ0v) is 24.1. The van der Waals surface area contributed by atoms with E-state index in [1.165, 1.54) is 6.92 Å². The van der Waals surface area contributed by atoms with Crippen LogP contribution in [0.15, 0.2) is 24.3 Å². The van der Waals surface area contributed by atoms with Crippen molar-refractivity contribution in [2.45, 2.75) is 121 Å². The van der Waals surface area contributed by atoms with E-state index in [0.29, 0.717) is 25.7 Å². The molecule has 0 aliphatic carbocycles. The molecule has 0 unspecified atom stereocenters. The van der Waals surface area contributed by atoms with Crippen molar-refractivity contribution in [3.8, 4) is 5.75 Å². The molecule has 40 heavy (non-hydrogen) atoms. The number of ether oxygens (including phenoxy) is 5. The summed E-state index contributed by atoms with van der Waals surface area (Å²) in [4.78, 5) is 25.7. The number of benzene rings is 1. The molecule has 3 fully saturated rings. The quantitative estimate of drug-likeness (QED) is 0.418. The number of phenolic OH excluding ortho intramolecular Hbond substituents is 1. The van der Waals surface area contributed by atoms with E-state index >= 15 is 0 Å². The first-order valence-corrected chi connectivity index (χ1v) is 14.2. The van der Waals surface area contributed by atoms with E-state index in [1.807, 2.05) is 19.9 Å². The van der Waals surface area contributed by atoms with Crippen molar-refractivity contribution in [2.75, 3.05) is 7.11 Å². The Kier molecular flexibility index (Phi) is 9.16. The molecule has 1 spiro atoms. The molecule has 1 aromatic rings. The zero-order valence-electron chi connectivity index (χ0n) is 24.1. The molecule has 4 rings (SSSR count). The molecule has 3 aliphatic heterocycles. The van der Waals surface area contributed by atoms with E-state index < -0.39 is 53.7 Å². The average molecular weight is 565 g/mol. The van der Waals surface area contributed by atoms with Crippen molar-refractivity contribution in [1.82, 2.24) is 0 Å². The summed E-state index contributed by atoms with van der Waals surface area (Å²) in [6.07, 6.45) is -1.40. The van der Waals surface area contributed by atoms with E-state index in [4.69, 9.17) is 23.7 Å². The number of phenols is 1.